The smallest absolute Gasteiger partial charge is 0.227 e. The summed E-state index contributed by atoms with van der Waals surface area (Å²) < 4.78 is 0. The molecule has 1 saturated heterocycles. The Morgan fingerprint density at radius 3 is 2.65 bits per heavy atom. The van der Waals surface area contributed by atoms with Crippen LogP contribution in [0, 0.1) is 0 Å². The quantitative estimate of drug-likeness (QED) is 0.820. The molecule has 2 N–H and O–H groups in total. The summed E-state index contributed by atoms with van der Waals surface area (Å²) in [5, 5.41) is 11.4. The zero-order chi connectivity index (χ0) is 14.4. The standard InChI is InChI=1S/C15H20N2O3/c18-10-2-3-14(19)16-11-12-5-7-13(8-6-12)17-9-1-4-15(17)20/h5-8,18H,1-4,9-11H2,(H,16,19). The van der Waals surface area contributed by atoms with Gasteiger partial charge < -0.3 is 15.3 Å². The molecule has 0 spiro atoms. The number of nitrogens with one attached hydrogen (secondary N) is 1. The van der Waals surface area contributed by atoms with Gasteiger partial charge in [0.2, 0.25) is 11.8 Å². The molecule has 0 atom stereocenters. The van der Waals surface area contributed by atoms with Crippen molar-refractivity contribution in [1.82, 2.24) is 5.32 Å². The van der Waals surface area contributed by atoms with Gasteiger partial charge in [0.25, 0.3) is 0 Å². The lowest BCUT2D eigenvalue weighted by atomic mass is 10.2. The average molecular weight is 276 g/mol. The minimum atomic E-state index is -0.0575. The number of nitrogens with zero attached hydrogens (tertiary/aromatic N) is 1. The van der Waals surface area contributed by atoms with Crippen LogP contribution >= 0.6 is 0 Å². The molecule has 5 heteroatoms. The van der Waals surface area contributed by atoms with Crippen molar-refractivity contribution < 1.29 is 14.7 Å². The number of aliphatic hydroxyl groups excluding tert-OH is 1. The zero-order valence-electron chi connectivity index (χ0n) is 11.5. The van der Waals surface area contributed by atoms with Gasteiger partial charge in [-0.3, -0.25) is 9.59 Å². The SMILES string of the molecule is O=C(CCCO)NCc1ccc(N2CCCC2=O)cc1. The highest BCUT2D eigenvalue weighted by molar-refractivity contribution is 5.95. The molecule has 1 aromatic rings. The van der Waals surface area contributed by atoms with Gasteiger partial charge in [0.1, 0.15) is 0 Å². The van der Waals surface area contributed by atoms with E-state index in [0.717, 1.165) is 24.2 Å². The Hall–Kier alpha value is -1.88. The van der Waals surface area contributed by atoms with Gasteiger partial charge in [0, 0.05) is 38.2 Å². The predicted molar refractivity (Wildman–Crippen MR) is 76.2 cm³/mol. The van der Waals surface area contributed by atoms with Crippen LogP contribution < -0.4 is 10.2 Å². The number of rotatable bonds is 6. The maximum absolute atomic E-state index is 11.6. The van der Waals surface area contributed by atoms with Crippen LogP contribution in [0.3, 0.4) is 0 Å². The van der Waals surface area contributed by atoms with Crippen LogP contribution in [0.5, 0.6) is 0 Å². The summed E-state index contributed by atoms with van der Waals surface area (Å²) in [6, 6.07) is 7.68. The molecule has 0 unspecified atom stereocenters. The Balaban J connectivity index is 1.85. The number of anilines is 1. The van der Waals surface area contributed by atoms with Crippen molar-refractivity contribution in [2.24, 2.45) is 0 Å². The molecule has 1 aromatic carbocycles. The molecule has 2 rings (SSSR count). The summed E-state index contributed by atoms with van der Waals surface area (Å²) in [5.74, 6) is 0.118. The fourth-order valence-electron chi connectivity index (χ4n) is 2.24. The summed E-state index contributed by atoms with van der Waals surface area (Å²) in [7, 11) is 0. The van der Waals surface area contributed by atoms with E-state index in [1.807, 2.05) is 24.3 Å². The first-order valence-electron chi connectivity index (χ1n) is 6.97. The Morgan fingerprint density at radius 2 is 2.05 bits per heavy atom. The van der Waals surface area contributed by atoms with Crippen molar-refractivity contribution in [2.45, 2.75) is 32.2 Å². The highest BCUT2D eigenvalue weighted by Gasteiger charge is 2.21. The number of carbonyl (C=O) groups is 2. The summed E-state index contributed by atoms with van der Waals surface area (Å²) in [6.07, 6.45) is 2.38. The number of aliphatic hydroxyl groups is 1. The van der Waals surface area contributed by atoms with Gasteiger partial charge in [-0.05, 0) is 30.5 Å². The lowest BCUT2D eigenvalue weighted by molar-refractivity contribution is -0.121. The first-order chi connectivity index (χ1) is 9.70. The largest absolute Gasteiger partial charge is 0.396 e. The third kappa shape index (κ3) is 3.81. The molecule has 1 heterocycles. The number of hydrogen-bond donors (Lipinski definition) is 2. The van der Waals surface area contributed by atoms with Crippen molar-refractivity contribution in [3.63, 3.8) is 0 Å². The maximum atomic E-state index is 11.6. The number of benzene rings is 1. The van der Waals surface area contributed by atoms with Crippen molar-refractivity contribution >= 4 is 17.5 Å². The molecule has 0 aliphatic carbocycles. The average Bonchev–Trinajstić information content (AvgIpc) is 2.89. The van der Waals surface area contributed by atoms with E-state index < -0.39 is 0 Å². The third-order valence-electron chi connectivity index (χ3n) is 3.37. The lowest BCUT2D eigenvalue weighted by Crippen LogP contribution is -2.24. The summed E-state index contributed by atoms with van der Waals surface area (Å²) in [5.41, 5.74) is 1.92. The normalized spacial score (nSPS) is 14.7. The maximum Gasteiger partial charge on any atom is 0.227 e. The van der Waals surface area contributed by atoms with Crippen LogP contribution in [0.2, 0.25) is 0 Å². The number of carbonyl (C=O) groups excluding carboxylic acids is 2. The molecule has 0 aromatic heterocycles. The Morgan fingerprint density at radius 1 is 1.30 bits per heavy atom. The van der Waals surface area contributed by atoms with Gasteiger partial charge in [-0.25, -0.2) is 0 Å². The molecule has 2 amide bonds. The molecular weight excluding hydrogens is 256 g/mol. The Labute approximate surface area is 118 Å². The molecule has 108 valence electrons. The van der Waals surface area contributed by atoms with Crippen LogP contribution in [0.15, 0.2) is 24.3 Å². The predicted octanol–water partition coefficient (Wildman–Crippen LogP) is 1.20. The monoisotopic (exact) mass is 276 g/mol. The molecule has 1 aliphatic rings. The summed E-state index contributed by atoms with van der Waals surface area (Å²) in [6.45, 7) is 1.29. The molecular formula is C15H20N2O3. The van der Waals surface area contributed by atoms with Crippen LogP contribution in [0.1, 0.15) is 31.2 Å². The van der Waals surface area contributed by atoms with Crippen LogP contribution in [-0.2, 0) is 16.1 Å². The van der Waals surface area contributed by atoms with Gasteiger partial charge in [0.15, 0.2) is 0 Å². The van der Waals surface area contributed by atoms with Crippen molar-refractivity contribution in [2.75, 3.05) is 18.1 Å². The van der Waals surface area contributed by atoms with Crippen molar-refractivity contribution in [3.8, 4) is 0 Å². The third-order valence-corrected chi connectivity index (χ3v) is 3.37. The second-order valence-corrected chi connectivity index (χ2v) is 4.92. The van der Waals surface area contributed by atoms with E-state index in [4.69, 9.17) is 5.11 Å². The summed E-state index contributed by atoms with van der Waals surface area (Å²) in [4.78, 5) is 24.8. The van der Waals surface area contributed by atoms with Crippen LogP contribution in [0.4, 0.5) is 5.69 Å². The molecule has 0 radical (unpaired) electrons. The van der Waals surface area contributed by atoms with Gasteiger partial charge >= 0.3 is 0 Å². The van der Waals surface area contributed by atoms with E-state index in [9.17, 15) is 9.59 Å². The van der Waals surface area contributed by atoms with E-state index in [1.54, 1.807) is 4.90 Å². The van der Waals surface area contributed by atoms with Gasteiger partial charge in [0.05, 0.1) is 0 Å². The van der Waals surface area contributed by atoms with Crippen molar-refractivity contribution in [1.29, 1.82) is 0 Å². The number of amides is 2. The highest BCUT2D eigenvalue weighted by Crippen LogP contribution is 2.21. The van der Waals surface area contributed by atoms with E-state index >= 15 is 0 Å². The van der Waals surface area contributed by atoms with E-state index in [1.165, 1.54) is 0 Å². The molecule has 1 aliphatic heterocycles. The fraction of sp³-hybridized carbons (Fsp3) is 0.467. The summed E-state index contributed by atoms with van der Waals surface area (Å²) >= 11 is 0. The van der Waals surface area contributed by atoms with Gasteiger partial charge in [-0.15, -0.1) is 0 Å². The molecule has 0 saturated carbocycles. The Bertz CT molecular complexity index is 471. The van der Waals surface area contributed by atoms with Gasteiger partial charge in [-0.1, -0.05) is 12.1 Å². The van der Waals surface area contributed by atoms with Crippen LogP contribution in [-0.4, -0.2) is 30.1 Å². The van der Waals surface area contributed by atoms with E-state index in [0.29, 0.717) is 25.8 Å². The first kappa shape index (κ1) is 14.5. The minimum Gasteiger partial charge on any atom is -0.396 e. The fourth-order valence-corrected chi connectivity index (χ4v) is 2.24. The highest BCUT2D eigenvalue weighted by atomic mass is 16.3. The number of hydrogen-bond acceptors (Lipinski definition) is 3. The Kier molecular flexibility index (Phi) is 5.12. The van der Waals surface area contributed by atoms with E-state index in [2.05, 4.69) is 5.32 Å². The molecule has 1 fully saturated rings. The zero-order valence-corrected chi connectivity index (χ0v) is 11.5. The topological polar surface area (TPSA) is 69.6 Å². The second kappa shape index (κ2) is 7.05. The minimum absolute atomic E-state index is 0.0337. The first-order valence-corrected chi connectivity index (χ1v) is 6.97. The second-order valence-electron chi connectivity index (χ2n) is 4.92. The van der Waals surface area contributed by atoms with Crippen molar-refractivity contribution in [3.05, 3.63) is 29.8 Å². The lowest BCUT2D eigenvalue weighted by Gasteiger charge is -2.16. The van der Waals surface area contributed by atoms with E-state index in [-0.39, 0.29) is 18.4 Å². The van der Waals surface area contributed by atoms with Crippen LogP contribution in [0.25, 0.3) is 0 Å². The molecule has 5 nitrogen and oxygen atoms in total. The molecule has 20 heavy (non-hydrogen) atoms. The van der Waals surface area contributed by atoms with Gasteiger partial charge in [-0.2, -0.15) is 0 Å². The molecule has 0 bridgehead atoms.